The van der Waals surface area contributed by atoms with Crippen LogP contribution in [0.2, 0.25) is 0 Å². The lowest BCUT2D eigenvalue weighted by molar-refractivity contribution is 0.452. The van der Waals surface area contributed by atoms with Crippen molar-refractivity contribution in [2.24, 2.45) is 5.41 Å². The van der Waals surface area contributed by atoms with Crippen LogP contribution in [-0.4, -0.2) is 32.5 Å². The fraction of sp³-hybridized carbons (Fsp3) is 1.00. The van der Waals surface area contributed by atoms with Gasteiger partial charge in [0.25, 0.3) is 0 Å². The van der Waals surface area contributed by atoms with Gasteiger partial charge < -0.3 is 5.32 Å². The standard InChI is InChI=1S/C9H17NO2S/c1-9(3-4-9)7-10-8-2-5-13(11,12)6-8/h8,10H,2-7H2,1H3. The van der Waals surface area contributed by atoms with Gasteiger partial charge in [0.15, 0.2) is 9.84 Å². The van der Waals surface area contributed by atoms with Crippen molar-refractivity contribution >= 4 is 9.84 Å². The van der Waals surface area contributed by atoms with Crippen LogP contribution in [0.25, 0.3) is 0 Å². The summed E-state index contributed by atoms with van der Waals surface area (Å²) in [4.78, 5) is 0. The van der Waals surface area contributed by atoms with Crippen LogP contribution in [0.5, 0.6) is 0 Å². The molecular weight excluding hydrogens is 186 g/mol. The van der Waals surface area contributed by atoms with Crippen molar-refractivity contribution in [1.29, 1.82) is 0 Å². The average molecular weight is 203 g/mol. The topological polar surface area (TPSA) is 46.2 Å². The van der Waals surface area contributed by atoms with Crippen LogP contribution < -0.4 is 5.32 Å². The van der Waals surface area contributed by atoms with E-state index in [4.69, 9.17) is 0 Å². The average Bonchev–Trinajstić information content (AvgIpc) is 2.65. The zero-order chi connectivity index (χ0) is 9.53. The lowest BCUT2D eigenvalue weighted by Crippen LogP contribution is -2.34. The molecule has 3 nitrogen and oxygen atoms in total. The van der Waals surface area contributed by atoms with E-state index < -0.39 is 9.84 Å². The highest BCUT2D eigenvalue weighted by atomic mass is 32.2. The highest BCUT2D eigenvalue weighted by molar-refractivity contribution is 7.91. The third kappa shape index (κ3) is 2.44. The molecule has 1 unspecified atom stereocenters. The van der Waals surface area contributed by atoms with Crippen LogP contribution in [0.15, 0.2) is 0 Å². The third-order valence-electron chi connectivity index (χ3n) is 3.15. The van der Waals surface area contributed by atoms with Gasteiger partial charge in [0.05, 0.1) is 11.5 Å². The Kier molecular flexibility index (Phi) is 2.15. The largest absolute Gasteiger partial charge is 0.312 e. The van der Waals surface area contributed by atoms with E-state index in [0.29, 0.717) is 16.9 Å². The summed E-state index contributed by atoms with van der Waals surface area (Å²) in [6.07, 6.45) is 3.39. The minimum atomic E-state index is -2.71. The van der Waals surface area contributed by atoms with E-state index in [-0.39, 0.29) is 6.04 Å². The molecule has 1 atom stereocenters. The molecule has 1 saturated heterocycles. The minimum absolute atomic E-state index is 0.224. The Morgan fingerprint density at radius 3 is 2.62 bits per heavy atom. The van der Waals surface area contributed by atoms with Gasteiger partial charge in [-0.15, -0.1) is 0 Å². The summed E-state index contributed by atoms with van der Waals surface area (Å²) in [7, 11) is -2.71. The summed E-state index contributed by atoms with van der Waals surface area (Å²) in [6.45, 7) is 3.25. The van der Waals surface area contributed by atoms with Gasteiger partial charge in [-0.2, -0.15) is 0 Å². The molecule has 1 N–H and O–H groups in total. The molecule has 1 saturated carbocycles. The minimum Gasteiger partial charge on any atom is -0.312 e. The monoisotopic (exact) mass is 203 g/mol. The van der Waals surface area contributed by atoms with Crippen molar-refractivity contribution < 1.29 is 8.42 Å². The summed E-state index contributed by atoms with van der Waals surface area (Å²) >= 11 is 0. The molecule has 0 amide bonds. The Morgan fingerprint density at radius 1 is 1.46 bits per heavy atom. The number of hydrogen-bond acceptors (Lipinski definition) is 3. The highest BCUT2D eigenvalue weighted by Gasteiger charge is 2.38. The SMILES string of the molecule is CC1(CNC2CCS(=O)(=O)C2)CC1. The van der Waals surface area contributed by atoms with Crippen LogP contribution in [-0.2, 0) is 9.84 Å². The number of hydrogen-bond donors (Lipinski definition) is 1. The van der Waals surface area contributed by atoms with Crippen molar-refractivity contribution in [2.75, 3.05) is 18.1 Å². The van der Waals surface area contributed by atoms with E-state index in [2.05, 4.69) is 12.2 Å². The Labute approximate surface area is 79.8 Å². The van der Waals surface area contributed by atoms with Crippen molar-refractivity contribution in [3.05, 3.63) is 0 Å². The first-order valence-electron chi connectivity index (χ1n) is 4.93. The van der Waals surface area contributed by atoms with E-state index in [1.54, 1.807) is 0 Å². The number of sulfone groups is 1. The molecule has 2 aliphatic rings. The fourth-order valence-electron chi connectivity index (χ4n) is 1.74. The molecule has 0 aromatic heterocycles. The first-order chi connectivity index (χ1) is 5.99. The molecule has 76 valence electrons. The molecule has 0 aromatic carbocycles. The summed E-state index contributed by atoms with van der Waals surface area (Å²) in [5.41, 5.74) is 0.479. The molecule has 4 heteroatoms. The summed E-state index contributed by atoms with van der Waals surface area (Å²) in [6, 6.07) is 0.224. The van der Waals surface area contributed by atoms with Gasteiger partial charge in [0.2, 0.25) is 0 Å². The predicted octanol–water partition coefficient (Wildman–Crippen LogP) is 0.563. The molecule has 0 radical (unpaired) electrons. The highest BCUT2D eigenvalue weighted by Crippen LogP contribution is 2.44. The van der Waals surface area contributed by atoms with E-state index in [9.17, 15) is 8.42 Å². The van der Waals surface area contributed by atoms with E-state index in [1.807, 2.05) is 0 Å². The van der Waals surface area contributed by atoms with Gasteiger partial charge in [-0.1, -0.05) is 6.92 Å². The maximum atomic E-state index is 11.1. The second-order valence-corrected chi connectivity index (χ2v) is 7.02. The Morgan fingerprint density at radius 2 is 2.15 bits per heavy atom. The number of nitrogens with one attached hydrogen (secondary N) is 1. The van der Waals surface area contributed by atoms with Crippen LogP contribution in [0.1, 0.15) is 26.2 Å². The summed E-state index contributed by atoms with van der Waals surface area (Å²) in [5, 5.41) is 3.36. The normalized spacial score (nSPS) is 34.7. The molecular formula is C9H17NO2S. The predicted molar refractivity (Wildman–Crippen MR) is 52.4 cm³/mol. The van der Waals surface area contributed by atoms with Gasteiger partial charge >= 0.3 is 0 Å². The van der Waals surface area contributed by atoms with Gasteiger partial charge in [0.1, 0.15) is 0 Å². The quantitative estimate of drug-likeness (QED) is 0.729. The molecule has 2 fully saturated rings. The molecule has 1 aliphatic carbocycles. The van der Waals surface area contributed by atoms with Crippen molar-refractivity contribution in [3.8, 4) is 0 Å². The fourth-order valence-corrected chi connectivity index (χ4v) is 3.44. The van der Waals surface area contributed by atoms with E-state index in [0.717, 1.165) is 13.0 Å². The second kappa shape index (κ2) is 2.95. The summed E-state index contributed by atoms with van der Waals surface area (Å²) in [5.74, 6) is 0.727. The third-order valence-corrected chi connectivity index (χ3v) is 4.92. The van der Waals surface area contributed by atoms with Crippen LogP contribution in [0, 0.1) is 5.41 Å². The Hall–Kier alpha value is -0.0900. The van der Waals surface area contributed by atoms with E-state index in [1.165, 1.54) is 12.8 Å². The molecule has 0 bridgehead atoms. The van der Waals surface area contributed by atoms with Gasteiger partial charge in [0, 0.05) is 12.6 Å². The van der Waals surface area contributed by atoms with Crippen LogP contribution in [0.4, 0.5) is 0 Å². The first kappa shape index (κ1) is 9.46. The van der Waals surface area contributed by atoms with Crippen molar-refractivity contribution in [2.45, 2.75) is 32.2 Å². The lowest BCUT2D eigenvalue weighted by Gasteiger charge is -2.14. The zero-order valence-electron chi connectivity index (χ0n) is 8.04. The van der Waals surface area contributed by atoms with Crippen molar-refractivity contribution in [3.63, 3.8) is 0 Å². The van der Waals surface area contributed by atoms with E-state index >= 15 is 0 Å². The molecule has 0 spiro atoms. The zero-order valence-corrected chi connectivity index (χ0v) is 8.86. The number of rotatable bonds is 3. The second-order valence-electron chi connectivity index (χ2n) is 4.79. The maximum absolute atomic E-state index is 11.1. The maximum Gasteiger partial charge on any atom is 0.151 e. The summed E-state index contributed by atoms with van der Waals surface area (Å²) < 4.78 is 22.3. The molecule has 1 heterocycles. The van der Waals surface area contributed by atoms with Gasteiger partial charge in [-0.05, 0) is 24.7 Å². The lowest BCUT2D eigenvalue weighted by atomic mass is 10.1. The Bertz CT molecular complexity index is 293. The molecule has 1 aliphatic heterocycles. The molecule has 0 aromatic rings. The van der Waals surface area contributed by atoms with Gasteiger partial charge in [-0.25, -0.2) is 8.42 Å². The van der Waals surface area contributed by atoms with Crippen LogP contribution in [0.3, 0.4) is 0 Å². The van der Waals surface area contributed by atoms with Crippen LogP contribution >= 0.6 is 0 Å². The molecule has 13 heavy (non-hydrogen) atoms. The van der Waals surface area contributed by atoms with Crippen molar-refractivity contribution in [1.82, 2.24) is 5.32 Å². The molecule has 2 rings (SSSR count). The Balaban J connectivity index is 1.78. The van der Waals surface area contributed by atoms with Gasteiger partial charge in [-0.3, -0.25) is 0 Å². The first-order valence-corrected chi connectivity index (χ1v) is 6.75. The smallest absolute Gasteiger partial charge is 0.151 e.